The second kappa shape index (κ2) is 22.8. The van der Waals surface area contributed by atoms with Crippen LogP contribution in [-0.4, -0.2) is 52.6 Å². The van der Waals surface area contributed by atoms with E-state index in [2.05, 4.69) is 24.5 Å². The van der Waals surface area contributed by atoms with Gasteiger partial charge >= 0.3 is 0 Å². The fourth-order valence-electron chi connectivity index (χ4n) is 2.57. The van der Waals surface area contributed by atoms with E-state index in [0.717, 1.165) is 39.4 Å². The summed E-state index contributed by atoms with van der Waals surface area (Å²) >= 11 is 0. The Morgan fingerprint density at radius 3 is 1.29 bits per heavy atom. The van der Waals surface area contributed by atoms with Crippen LogP contribution in [0.3, 0.4) is 0 Å². The zero-order chi connectivity index (χ0) is 17.6. The van der Waals surface area contributed by atoms with E-state index >= 15 is 0 Å². The topological polar surface area (TPSA) is 42.5 Å². The van der Waals surface area contributed by atoms with Crippen molar-refractivity contribution in [1.82, 2.24) is 10.6 Å². The van der Waals surface area contributed by atoms with Crippen LogP contribution in [0.1, 0.15) is 78.1 Å². The van der Waals surface area contributed by atoms with Crippen molar-refractivity contribution in [2.45, 2.75) is 78.1 Å². The van der Waals surface area contributed by atoms with Gasteiger partial charge in [-0.3, -0.25) is 0 Å². The van der Waals surface area contributed by atoms with Crippen molar-refractivity contribution in [3.63, 3.8) is 0 Å². The summed E-state index contributed by atoms with van der Waals surface area (Å²) in [7, 11) is 0. The van der Waals surface area contributed by atoms with Crippen molar-refractivity contribution in [1.29, 1.82) is 0 Å². The van der Waals surface area contributed by atoms with E-state index < -0.39 is 0 Å². The molecule has 2 N–H and O–H groups in total. The summed E-state index contributed by atoms with van der Waals surface area (Å²) in [5, 5.41) is 6.86. The minimum Gasteiger partial charge on any atom is -0.378 e. The summed E-state index contributed by atoms with van der Waals surface area (Å²) in [4.78, 5) is 0. The lowest BCUT2D eigenvalue weighted by Gasteiger charge is -2.08. The standard InChI is InChI=1S/C20H44N2O2/c1-3-5-7-9-11-13-21-15-17-23-19-20-24-18-16-22-14-12-10-8-6-4-2/h21-22H,3-20H2,1-2H3. The normalized spacial score (nSPS) is 11.2. The van der Waals surface area contributed by atoms with Gasteiger partial charge < -0.3 is 20.1 Å². The summed E-state index contributed by atoms with van der Waals surface area (Å²) in [6.45, 7) is 11.6. The van der Waals surface area contributed by atoms with Crippen LogP contribution in [0.15, 0.2) is 0 Å². The molecule has 0 atom stereocenters. The summed E-state index contributed by atoms with van der Waals surface area (Å²) in [6.07, 6.45) is 13.4. The van der Waals surface area contributed by atoms with Crippen LogP contribution in [0, 0.1) is 0 Å². The van der Waals surface area contributed by atoms with Gasteiger partial charge in [0.2, 0.25) is 0 Å². The SMILES string of the molecule is CCCCCCCNCCOCCOCCNCCCCCCC. The Balaban J connectivity index is 2.93. The number of unbranched alkanes of at least 4 members (excludes halogenated alkanes) is 8. The third-order valence-electron chi connectivity index (χ3n) is 4.13. The largest absolute Gasteiger partial charge is 0.378 e. The van der Waals surface area contributed by atoms with Gasteiger partial charge in [0.05, 0.1) is 26.4 Å². The molecule has 4 nitrogen and oxygen atoms in total. The van der Waals surface area contributed by atoms with Crippen molar-refractivity contribution in [2.24, 2.45) is 0 Å². The first-order valence-electron chi connectivity index (χ1n) is 10.5. The van der Waals surface area contributed by atoms with E-state index in [1.54, 1.807) is 0 Å². The second-order valence-electron chi connectivity index (χ2n) is 6.55. The molecule has 24 heavy (non-hydrogen) atoms. The van der Waals surface area contributed by atoms with Crippen LogP contribution in [0.2, 0.25) is 0 Å². The molecule has 0 saturated heterocycles. The van der Waals surface area contributed by atoms with Crippen LogP contribution < -0.4 is 10.6 Å². The highest BCUT2D eigenvalue weighted by atomic mass is 16.5. The van der Waals surface area contributed by atoms with Crippen molar-refractivity contribution in [2.75, 3.05) is 52.6 Å². The summed E-state index contributed by atoms with van der Waals surface area (Å²) in [5.41, 5.74) is 0. The van der Waals surface area contributed by atoms with E-state index in [-0.39, 0.29) is 0 Å². The Morgan fingerprint density at radius 2 is 0.875 bits per heavy atom. The van der Waals surface area contributed by atoms with Gasteiger partial charge in [-0.15, -0.1) is 0 Å². The molecule has 0 unspecified atom stereocenters. The number of nitrogens with one attached hydrogen (secondary N) is 2. The molecule has 0 radical (unpaired) electrons. The van der Waals surface area contributed by atoms with Gasteiger partial charge in [0.25, 0.3) is 0 Å². The molecule has 146 valence electrons. The number of hydrogen-bond acceptors (Lipinski definition) is 4. The lowest BCUT2D eigenvalue weighted by molar-refractivity contribution is 0.0499. The molecule has 0 aliphatic carbocycles. The fourth-order valence-corrected chi connectivity index (χ4v) is 2.57. The Labute approximate surface area is 151 Å². The van der Waals surface area contributed by atoms with Gasteiger partial charge in [-0.2, -0.15) is 0 Å². The molecule has 4 heteroatoms. The van der Waals surface area contributed by atoms with E-state index in [1.807, 2.05) is 0 Å². The molecule has 0 aromatic carbocycles. The van der Waals surface area contributed by atoms with Crippen molar-refractivity contribution < 1.29 is 9.47 Å². The van der Waals surface area contributed by atoms with Crippen LogP contribution >= 0.6 is 0 Å². The maximum atomic E-state index is 5.55. The molecule has 0 rings (SSSR count). The molecular weight excluding hydrogens is 300 g/mol. The Morgan fingerprint density at radius 1 is 0.458 bits per heavy atom. The molecule has 0 aromatic heterocycles. The molecule has 0 aliphatic rings. The molecule has 0 aromatic rings. The van der Waals surface area contributed by atoms with Crippen LogP contribution in [-0.2, 0) is 9.47 Å². The van der Waals surface area contributed by atoms with Gasteiger partial charge in [-0.1, -0.05) is 65.2 Å². The first kappa shape index (κ1) is 23.8. The Bertz CT molecular complexity index is 194. The highest BCUT2D eigenvalue weighted by molar-refractivity contribution is 4.50. The zero-order valence-electron chi connectivity index (χ0n) is 16.5. The van der Waals surface area contributed by atoms with E-state index in [9.17, 15) is 0 Å². The molecule has 0 bridgehead atoms. The minimum atomic E-state index is 0.704. The summed E-state index contributed by atoms with van der Waals surface area (Å²) in [5.74, 6) is 0. The highest BCUT2D eigenvalue weighted by Crippen LogP contribution is 2.01. The van der Waals surface area contributed by atoms with Crippen LogP contribution in [0.25, 0.3) is 0 Å². The smallest absolute Gasteiger partial charge is 0.0701 e. The first-order valence-corrected chi connectivity index (χ1v) is 10.5. The zero-order valence-corrected chi connectivity index (χ0v) is 16.5. The minimum absolute atomic E-state index is 0.704. The number of rotatable bonds is 21. The molecular formula is C20H44N2O2. The van der Waals surface area contributed by atoms with E-state index in [0.29, 0.717) is 13.2 Å². The predicted octanol–water partition coefficient (Wildman–Crippen LogP) is 4.14. The van der Waals surface area contributed by atoms with Crippen molar-refractivity contribution in [3.05, 3.63) is 0 Å². The maximum Gasteiger partial charge on any atom is 0.0701 e. The van der Waals surface area contributed by atoms with E-state index in [1.165, 1.54) is 64.2 Å². The molecule has 0 amide bonds. The third kappa shape index (κ3) is 21.8. The monoisotopic (exact) mass is 344 g/mol. The van der Waals surface area contributed by atoms with Crippen LogP contribution in [0.4, 0.5) is 0 Å². The molecule has 0 aliphatic heterocycles. The van der Waals surface area contributed by atoms with Gasteiger partial charge in [-0.05, 0) is 25.9 Å². The molecule has 0 heterocycles. The Hall–Kier alpha value is -0.160. The first-order chi connectivity index (χ1) is 11.9. The maximum absolute atomic E-state index is 5.55. The van der Waals surface area contributed by atoms with E-state index in [4.69, 9.17) is 9.47 Å². The Kier molecular flexibility index (Phi) is 22.7. The van der Waals surface area contributed by atoms with Crippen LogP contribution in [0.5, 0.6) is 0 Å². The number of hydrogen-bond donors (Lipinski definition) is 2. The molecule has 0 fully saturated rings. The third-order valence-corrected chi connectivity index (χ3v) is 4.13. The average Bonchev–Trinajstić information content (AvgIpc) is 2.60. The quantitative estimate of drug-likeness (QED) is 0.307. The predicted molar refractivity (Wildman–Crippen MR) is 105 cm³/mol. The van der Waals surface area contributed by atoms with Gasteiger partial charge in [0, 0.05) is 13.1 Å². The highest BCUT2D eigenvalue weighted by Gasteiger charge is 1.93. The lowest BCUT2D eigenvalue weighted by atomic mass is 10.1. The fraction of sp³-hybridized carbons (Fsp3) is 1.00. The lowest BCUT2D eigenvalue weighted by Crippen LogP contribution is -2.23. The van der Waals surface area contributed by atoms with Crippen molar-refractivity contribution >= 4 is 0 Å². The summed E-state index contributed by atoms with van der Waals surface area (Å²) in [6, 6.07) is 0. The molecule has 0 saturated carbocycles. The van der Waals surface area contributed by atoms with Gasteiger partial charge in [0.1, 0.15) is 0 Å². The van der Waals surface area contributed by atoms with Gasteiger partial charge in [-0.25, -0.2) is 0 Å². The summed E-state index contributed by atoms with van der Waals surface area (Å²) < 4.78 is 11.1. The number of ether oxygens (including phenoxy) is 2. The van der Waals surface area contributed by atoms with Crippen molar-refractivity contribution in [3.8, 4) is 0 Å². The van der Waals surface area contributed by atoms with Gasteiger partial charge in [0.15, 0.2) is 0 Å². The second-order valence-corrected chi connectivity index (χ2v) is 6.55. The molecule has 0 spiro atoms. The average molecular weight is 345 g/mol.